The Morgan fingerprint density at radius 3 is 2.76 bits per heavy atom. The first-order chi connectivity index (χ1) is 9.98. The summed E-state index contributed by atoms with van der Waals surface area (Å²) in [6.07, 6.45) is 5.15. The van der Waals surface area contributed by atoms with Crippen LogP contribution < -0.4 is 0 Å². The van der Waals surface area contributed by atoms with E-state index in [-0.39, 0.29) is 5.41 Å². The highest BCUT2D eigenvalue weighted by Gasteiger charge is 2.16. The molecule has 3 aromatic heterocycles. The molecule has 0 fully saturated rings. The van der Waals surface area contributed by atoms with E-state index in [9.17, 15) is 0 Å². The molecule has 3 aromatic rings. The van der Waals surface area contributed by atoms with Crippen LogP contribution in [0.4, 0.5) is 5.82 Å². The van der Waals surface area contributed by atoms with Crippen molar-refractivity contribution in [2.75, 3.05) is 0 Å². The van der Waals surface area contributed by atoms with Gasteiger partial charge < -0.3 is 9.41 Å². The fourth-order valence-corrected chi connectivity index (χ4v) is 2.25. The lowest BCUT2D eigenvalue weighted by Gasteiger charge is -2.20. The Bertz CT molecular complexity index is 828. The maximum atomic E-state index is 7.15. The zero-order valence-electron chi connectivity index (χ0n) is 12.3. The number of aromatic nitrogens is 5. The molecule has 106 valence electrons. The summed E-state index contributed by atoms with van der Waals surface area (Å²) < 4.78 is 3.65. The molecule has 6 heteroatoms. The van der Waals surface area contributed by atoms with Crippen LogP contribution >= 0.6 is 0 Å². The zero-order chi connectivity index (χ0) is 15.0. The van der Waals surface area contributed by atoms with Crippen molar-refractivity contribution < 1.29 is 0 Å². The average molecular weight is 280 g/mol. The maximum absolute atomic E-state index is 7.15. The van der Waals surface area contributed by atoms with Gasteiger partial charge >= 0.3 is 0 Å². The zero-order valence-corrected chi connectivity index (χ0v) is 12.3. The summed E-state index contributed by atoms with van der Waals surface area (Å²) in [5, 5.41) is 4.52. The van der Waals surface area contributed by atoms with Crippen molar-refractivity contribution in [2.24, 2.45) is 5.41 Å². The van der Waals surface area contributed by atoms with Crippen molar-refractivity contribution in [1.82, 2.24) is 24.1 Å². The van der Waals surface area contributed by atoms with Gasteiger partial charge in [-0.15, -0.1) is 4.52 Å². The monoisotopic (exact) mass is 280 g/mol. The Labute approximate surface area is 122 Å². The molecule has 3 heterocycles. The predicted molar refractivity (Wildman–Crippen MR) is 79.9 cm³/mol. The van der Waals surface area contributed by atoms with Gasteiger partial charge in [-0.1, -0.05) is 32.4 Å². The second-order valence-electron chi connectivity index (χ2n) is 6.18. The quantitative estimate of drug-likeness (QED) is 0.677. The molecule has 3 rings (SSSR count). The number of rotatable bonds is 2. The Kier molecular flexibility index (Phi) is 2.98. The van der Waals surface area contributed by atoms with Crippen LogP contribution in [-0.2, 0) is 6.54 Å². The van der Waals surface area contributed by atoms with Gasteiger partial charge in [0.15, 0.2) is 0 Å². The Morgan fingerprint density at radius 1 is 1.24 bits per heavy atom. The van der Waals surface area contributed by atoms with Crippen molar-refractivity contribution in [2.45, 2.75) is 27.3 Å². The van der Waals surface area contributed by atoms with Gasteiger partial charge in [0.25, 0.3) is 5.82 Å². The maximum Gasteiger partial charge on any atom is 0.275 e. The fraction of sp³-hybridized carbons (Fsp3) is 0.333. The van der Waals surface area contributed by atoms with E-state index in [1.807, 2.05) is 18.5 Å². The molecule has 0 spiro atoms. The number of hydrogen-bond acceptors (Lipinski definition) is 3. The number of nitrogens with zero attached hydrogens (tertiary/aromatic N) is 6. The van der Waals surface area contributed by atoms with Crippen molar-refractivity contribution in [3.63, 3.8) is 0 Å². The van der Waals surface area contributed by atoms with Gasteiger partial charge in [0.05, 0.1) is 24.4 Å². The standard InChI is InChI=1S/C15H16N6/c1-15(2,3)9-20-10-17-7-12(20)11-5-6-13-18-8-14(16-4)21(13)19-11/h5-8,10H,9H2,1-3H3. The van der Waals surface area contributed by atoms with E-state index in [2.05, 4.69) is 45.2 Å². The second-order valence-corrected chi connectivity index (χ2v) is 6.18. The van der Waals surface area contributed by atoms with Gasteiger partial charge in [0, 0.05) is 12.6 Å². The van der Waals surface area contributed by atoms with Gasteiger partial charge in [-0.3, -0.25) is 0 Å². The molecule has 0 saturated heterocycles. The van der Waals surface area contributed by atoms with E-state index >= 15 is 0 Å². The number of imidazole rings is 2. The molecule has 0 saturated carbocycles. The lowest BCUT2D eigenvalue weighted by molar-refractivity contribution is 0.345. The van der Waals surface area contributed by atoms with Crippen LogP contribution in [0.2, 0.25) is 0 Å². The van der Waals surface area contributed by atoms with E-state index in [4.69, 9.17) is 6.57 Å². The summed E-state index contributed by atoms with van der Waals surface area (Å²) in [4.78, 5) is 11.8. The van der Waals surface area contributed by atoms with Crippen molar-refractivity contribution >= 4 is 11.5 Å². The molecule has 0 aliphatic rings. The number of fused-ring (bicyclic) bond motifs is 1. The topological polar surface area (TPSA) is 52.4 Å². The van der Waals surface area contributed by atoms with Crippen LogP contribution in [0.1, 0.15) is 20.8 Å². The molecule has 0 amide bonds. The SMILES string of the molecule is [C-]#[N+]c1cnc2ccc(-c3cncn3CC(C)(C)C)nn12. The molecule has 0 aliphatic carbocycles. The highest BCUT2D eigenvalue weighted by Crippen LogP contribution is 2.23. The first kappa shape index (κ1) is 13.3. The van der Waals surface area contributed by atoms with Gasteiger partial charge in [-0.05, 0) is 11.5 Å². The smallest absolute Gasteiger partial charge is 0.275 e. The first-order valence-corrected chi connectivity index (χ1v) is 6.71. The Hall–Kier alpha value is -2.68. The van der Waals surface area contributed by atoms with E-state index in [1.54, 1.807) is 10.7 Å². The van der Waals surface area contributed by atoms with E-state index in [0.29, 0.717) is 11.5 Å². The summed E-state index contributed by atoms with van der Waals surface area (Å²) in [5.74, 6) is 0.411. The van der Waals surface area contributed by atoms with Crippen molar-refractivity contribution in [3.8, 4) is 11.4 Å². The normalized spacial score (nSPS) is 11.7. The van der Waals surface area contributed by atoms with Crippen molar-refractivity contribution in [3.05, 3.63) is 42.3 Å². The highest BCUT2D eigenvalue weighted by molar-refractivity contribution is 5.58. The Balaban J connectivity index is 2.09. The summed E-state index contributed by atoms with van der Waals surface area (Å²) >= 11 is 0. The fourth-order valence-electron chi connectivity index (χ4n) is 2.25. The highest BCUT2D eigenvalue weighted by atomic mass is 15.3. The lowest BCUT2D eigenvalue weighted by atomic mass is 9.97. The van der Waals surface area contributed by atoms with Crippen LogP contribution in [0.3, 0.4) is 0 Å². The predicted octanol–water partition coefficient (Wildman–Crippen LogP) is 3.19. The third-order valence-electron chi connectivity index (χ3n) is 3.08. The van der Waals surface area contributed by atoms with Crippen LogP contribution in [0, 0.1) is 12.0 Å². The van der Waals surface area contributed by atoms with Gasteiger partial charge in [0.2, 0.25) is 5.65 Å². The molecule has 0 radical (unpaired) electrons. The second kappa shape index (κ2) is 4.70. The minimum Gasteiger partial charge on any atom is -0.360 e. The molecule has 0 bridgehead atoms. The molecular formula is C15H16N6. The van der Waals surface area contributed by atoms with E-state index in [0.717, 1.165) is 17.9 Å². The van der Waals surface area contributed by atoms with Crippen molar-refractivity contribution in [1.29, 1.82) is 0 Å². The summed E-state index contributed by atoms with van der Waals surface area (Å²) in [6, 6.07) is 3.78. The molecule has 0 aromatic carbocycles. The lowest BCUT2D eigenvalue weighted by Crippen LogP contribution is -2.15. The molecule has 6 nitrogen and oxygen atoms in total. The van der Waals surface area contributed by atoms with E-state index in [1.165, 1.54) is 6.20 Å². The van der Waals surface area contributed by atoms with Crippen LogP contribution in [-0.4, -0.2) is 24.1 Å². The minimum atomic E-state index is 0.149. The Morgan fingerprint density at radius 2 is 2.05 bits per heavy atom. The molecule has 0 unspecified atom stereocenters. The summed E-state index contributed by atoms with van der Waals surface area (Å²) in [7, 11) is 0. The van der Waals surface area contributed by atoms with Crippen LogP contribution in [0.25, 0.3) is 21.9 Å². The largest absolute Gasteiger partial charge is 0.360 e. The van der Waals surface area contributed by atoms with Gasteiger partial charge in [-0.25, -0.2) is 9.97 Å². The molecule has 0 atom stereocenters. The van der Waals surface area contributed by atoms with Gasteiger partial charge in [0.1, 0.15) is 5.69 Å². The van der Waals surface area contributed by atoms with Crippen LogP contribution in [0.5, 0.6) is 0 Å². The summed E-state index contributed by atoms with van der Waals surface area (Å²) in [5.41, 5.74) is 2.55. The third kappa shape index (κ3) is 2.50. The van der Waals surface area contributed by atoms with E-state index < -0.39 is 0 Å². The molecule has 0 aliphatic heterocycles. The molecule has 0 N–H and O–H groups in total. The molecular weight excluding hydrogens is 264 g/mol. The third-order valence-corrected chi connectivity index (χ3v) is 3.08. The number of hydrogen-bond donors (Lipinski definition) is 0. The molecule has 21 heavy (non-hydrogen) atoms. The average Bonchev–Trinajstić information content (AvgIpc) is 3.02. The minimum absolute atomic E-state index is 0.149. The van der Waals surface area contributed by atoms with Crippen LogP contribution in [0.15, 0.2) is 30.9 Å². The van der Waals surface area contributed by atoms with Gasteiger partial charge in [-0.2, -0.15) is 0 Å². The first-order valence-electron chi connectivity index (χ1n) is 6.71. The summed E-state index contributed by atoms with van der Waals surface area (Å²) in [6.45, 7) is 14.5.